The van der Waals surface area contributed by atoms with Crippen molar-refractivity contribution in [2.45, 2.75) is 25.3 Å². The molecule has 0 aliphatic rings. The number of methoxy groups -OCH3 is 1. The standard InChI is InChI=1S/C9H15NO6/c1-16-4-2-3-7(11)10-6(9(14)15)5-8(12)13/h6H,2-5H2,1H3,(H,10,11)(H,12,13)(H,14,15). The number of carboxylic acids is 2. The molecule has 0 fully saturated rings. The van der Waals surface area contributed by atoms with E-state index >= 15 is 0 Å². The van der Waals surface area contributed by atoms with Crippen molar-refractivity contribution >= 4 is 17.8 Å². The fourth-order valence-corrected chi connectivity index (χ4v) is 1.02. The minimum Gasteiger partial charge on any atom is -0.481 e. The van der Waals surface area contributed by atoms with Crippen LogP contribution >= 0.6 is 0 Å². The van der Waals surface area contributed by atoms with Crippen molar-refractivity contribution in [1.29, 1.82) is 0 Å². The van der Waals surface area contributed by atoms with Gasteiger partial charge in [0.2, 0.25) is 5.91 Å². The summed E-state index contributed by atoms with van der Waals surface area (Å²) in [6.07, 6.45) is -0.0651. The maximum absolute atomic E-state index is 11.2. The molecule has 1 amide bonds. The molecule has 0 aliphatic heterocycles. The number of nitrogens with one attached hydrogen (secondary N) is 1. The Kier molecular flexibility index (Phi) is 6.86. The van der Waals surface area contributed by atoms with Crippen molar-refractivity contribution in [3.8, 4) is 0 Å². The van der Waals surface area contributed by atoms with E-state index in [-0.39, 0.29) is 6.42 Å². The number of rotatable bonds is 8. The first-order valence-electron chi connectivity index (χ1n) is 4.70. The number of carbonyl (C=O) groups is 3. The predicted octanol–water partition coefficient (Wildman–Crippen LogP) is -0.543. The molecule has 0 radical (unpaired) electrons. The van der Waals surface area contributed by atoms with Gasteiger partial charge in [-0.25, -0.2) is 4.79 Å². The number of aliphatic carboxylic acids is 2. The molecule has 16 heavy (non-hydrogen) atoms. The highest BCUT2D eigenvalue weighted by Crippen LogP contribution is 1.96. The van der Waals surface area contributed by atoms with Crippen LogP contribution in [0.4, 0.5) is 0 Å². The molecule has 0 bridgehead atoms. The number of ether oxygens (including phenoxy) is 1. The highest BCUT2D eigenvalue weighted by Gasteiger charge is 2.22. The molecule has 92 valence electrons. The van der Waals surface area contributed by atoms with E-state index in [0.717, 1.165) is 0 Å². The SMILES string of the molecule is COCCCC(=O)NC(CC(=O)O)C(=O)O. The number of carbonyl (C=O) groups excluding carboxylic acids is 1. The average Bonchev–Trinajstić information content (AvgIpc) is 2.16. The molecule has 0 aromatic rings. The van der Waals surface area contributed by atoms with E-state index in [1.807, 2.05) is 0 Å². The molecule has 0 saturated carbocycles. The molecule has 0 aromatic carbocycles. The summed E-state index contributed by atoms with van der Waals surface area (Å²) in [5.74, 6) is -3.13. The number of hydrogen-bond acceptors (Lipinski definition) is 4. The van der Waals surface area contributed by atoms with Crippen LogP contribution in [0.1, 0.15) is 19.3 Å². The van der Waals surface area contributed by atoms with E-state index in [0.29, 0.717) is 13.0 Å². The van der Waals surface area contributed by atoms with Crippen LogP contribution in [-0.2, 0) is 19.1 Å². The van der Waals surface area contributed by atoms with E-state index in [1.54, 1.807) is 0 Å². The number of amides is 1. The molecule has 0 aliphatic carbocycles. The van der Waals surface area contributed by atoms with Gasteiger partial charge in [-0.1, -0.05) is 0 Å². The van der Waals surface area contributed by atoms with Gasteiger partial charge >= 0.3 is 11.9 Å². The lowest BCUT2D eigenvalue weighted by atomic mass is 10.2. The van der Waals surface area contributed by atoms with E-state index < -0.39 is 30.3 Å². The molecular weight excluding hydrogens is 218 g/mol. The van der Waals surface area contributed by atoms with Crippen molar-refractivity contribution in [2.24, 2.45) is 0 Å². The van der Waals surface area contributed by atoms with Crippen molar-refractivity contribution in [2.75, 3.05) is 13.7 Å². The first kappa shape index (κ1) is 14.4. The van der Waals surface area contributed by atoms with E-state index in [4.69, 9.17) is 14.9 Å². The Morgan fingerprint density at radius 1 is 1.31 bits per heavy atom. The molecule has 1 atom stereocenters. The zero-order chi connectivity index (χ0) is 12.6. The largest absolute Gasteiger partial charge is 0.481 e. The van der Waals surface area contributed by atoms with Crippen LogP contribution in [0.15, 0.2) is 0 Å². The van der Waals surface area contributed by atoms with E-state index in [1.165, 1.54) is 7.11 Å². The third kappa shape index (κ3) is 6.77. The smallest absolute Gasteiger partial charge is 0.326 e. The Bertz CT molecular complexity index is 265. The Balaban J connectivity index is 4.03. The fourth-order valence-electron chi connectivity index (χ4n) is 1.02. The summed E-state index contributed by atoms with van der Waals surface area (Å²) in [4.78, 5) is 32.1. The molecule has 0 spiro atoms. The Hall–Kier alpha value is -1.63. The van der Waals surface area contributed by atoms with Crippen LogP contribution in [0.5, 0.6) is 0 Å². The van der Waals surface area contributed by atoms with Crippen LogP contribution in [-0.4, -0.2) is 47.8 Å². The van der Waals surface area contributed by atoms with Crippen LogP contribution in [0.3, 0.4) is 0 Å². The van der Waals surface area contributed by atoms with Gasteiger partial charge in [0.05, 0.1) is 6.42 Å². The molecule has 0 saturated heterocycles. The topological polar surface area (TPSA) is 113 Å². The van der Waals surface area contributed by atoms with E-state index in [9.17, 15) is 14.4 Å². The highest BCUT2D eigenvalue weighted by atomic mass is 16.5. The summed E-state index contributed by atoms with van der Waals surface area (Å²) in [5.41, 5.74) is 0. The maximum atomic E-state index is 11.2. The summed E-state index contributed by atoms with van der Waals surface area (Å²) in [7, 11) is 1.49. The Labute approximate surface area is 92.4 Å². The quantitative estimate of drug-likeness (QED) is 0.485. The first-order valence-corrected chi connectivity index (χ1v) is 4.70. The lowest BCUT2D eigenvalue weighted by molar-refractivity contribution is -0.147. The van der Waals surface area contributed by atoms with Crippen LogP contribution < -0.4 is 5.32 Å². The van der Waals surface area contributed by atoms with Gasteiger partial charge in [-0.2, -0.15) is 0 Å². The molecule has 0 aromatic heterocycles. The summed E-state index contributed by atoms with van der Waals surface area (Å²) in [6, 6.07) is -1.38. The molecule has 3 N–H and O–H groups in total. The maximum Gasteiger partial charge on any atom is 0.326 e. The minimum atomic E-state index is -1.38. The van der Waals surface area contributed by atoms with Crippen molar-refractivity contribution < 1.29 is 29.3 Å². The average molecular weight is 233 g/mol. The molecule has 7 heteroatoms. The van der Waals surface area contributed by atoms with Crippen LogP contribution in [0.2, 0.25) is 0 Å². The third-order valence-electron chi connectivity index (χ3n) is 1.76. The van der Waals surface area contributed by atoms with Gasteiger partial charge in [-0.05, 0) is 6.42 Å². The molecule has 1 unspecified atom stereocenters. The van der Waals surface area contributed by atoms with Gasteiger partial charge in [0.1, 0.15) is 6.04 Å². The predicted molar refractivity (Wildman–Crippen MR) is 52.9 cm³/mol. The van der Waals surface area contributed by atoms with Crippen molar-refractivity contribution in [1.82, 2.24) is 5.32 Å². The summed E-state index contributed by atoms with van der Waals surface area (Å²) in [5, 5.41) is 19.2. The second-order valence-corrected chi connectivity index (χ2v) is 3.15. The monoisotopic (exact) mass is 233 g/mol. The molecule has 0 rings (SSSR count). The lowest BCUT2D eigenvalue weighted by Gasteiger charge is -2.11. The molecule has 7 nitrogen and oxygen atoms in total. The van der Waals surface area contributed by atoms with Crippen molar-refractivity contribution in [3.05, 3.63) is 0 Å². The second kappa shape index (κ2) is 7.63. The summed E-state index contributed by atoms with van der Waals surface area (Å²) >= 11 is 0. The zero-order valence-corrected chi connectivity index (χ0v) is 8.93. The number of hydrogen-bond donors (Lipinski definition) is 3. The summed E-state index contributed by atoms with van der Waals surface area (Å²) < 4.78 is 4.72. The minimum absolute atomic E-state index is 0.108. The van der Waals surface area contributed by atoms with Crippen LogP contribution in [0.25, 0.3) is 0 Å². The molecule has 0 heterocycles. The first-order chi connectivity index (χ1) is 7.47. The van der Waals surface area contributed by atoms with Gasteiger partial charge in [0.15, 0.2) is 0 Å². The zero-order valence-electron chi connectivity index (χ0n) is 8.93. The second-order valence-electron chi connectivity index (χ2n) is 3.15. The van der Waals surface area contributed by atoms with Gasteiger partial charge in [-0.15, -0.1) is 0 Å². The van der Waals surface area contributed by atoms with Gasteiger partial charge < -0.3 is 20.3 Å². The van der Waals surface area contributed by atoms with Gasteiger partial charge in [0, 0.05) is 20.1 Å². The van der Waals surface area contributed by atoms with Crippen molar-refractivity contribution in [3.63, 3.8) is 0 Å². The highest BCUT2D eigenvalue weighted by molar-refractivity contribution is 5.86. The normalized spacial score (nSPS) is 11.8. The van der Waals surface area contributed by atoms with Crippen LogP contribution in [0, 0.1) is 0 Å². The molecular formula is C9H15NO6. The Morgan fingerprint density at radius 2 is 1.94 bits per heavy atom. The van der Waals surface area contributed by atoms with E-state index in [2.05, 4.69) is 5.32 Å². The fraction of sp³-hybridized carbons (Fsp3) is 0.667. The Morgan fingerprint density at radius 3 is 2.38 bits per heavy atom. The van der Waals surface area contributed by atoms with Gasteiger partial charge in [-0.3, -0.25) is 9.59 Å². The lowest BCUT2D eigenvalue weighted by Crippen LogP contribution is -2.42. The number of carboxylic acid groups (broad SMARTS) is 2. The van der Waals surface area contributed by atoms with Gasteiger partial charge in [0.25, 0.3) is 0 Å². The third-order valence-corrected chi connectivity index (χ3v) is 1.76. The summed E-state index contributed by atoms with van der Waals surface area (Å²) in [6.45, 7) is 0.393.